The van der Waals surface area contributed by atoms with Gasteiger partial charge in [0.2, 0.25) is 5.91 Å². The second-order valence-corrected chi connectivity index (χ2v) is 4.02. The third-order valence-electron chi connectivity index (χ3n) is 1.41. The molecule has 13 heavy (non-hydrogen) atoms. The van der Waals surface area contributed by atoms with Crippen molar-refractivity contribution in [3.63, 3.8) is 0 Å². The number of carbonyl (C=O) groups excluding carboxylic acids is 1. The summed E-state index contributed by atoms with van der Waals surface area (Å²) in [5.41, 5.74) is 0. The lowest BCUT2D eigenvalue weighted by Crippen LogP contribution is -2.30. The van der Waals surface area contributed by atoms with Crippen molar-refractivity contribution in [3.8, 4) is 0 Å². The topological polar surface area (TPSA) is 38.3 Å². The monoisotopic (exact) mass is 207 g/mol. The van der Waals surface area contributed by atoms with E-state index in [4.69, 9.17) is 16.3 Å². The average Bonchev–Trinajstić information content (AvgIpc) is 2.00. The molecule has 0 aliphatic rings. The first kappa shape index (κ1) is 12.7. The summed E-state index contributed by atoms with van der Waals surface area (Å²) in [5.74, 6) is -0.0778. The van der Waals surface area contributed by atoms with Gasteiger partial charge >= 0.3 is 0 Å². The van der Waals surface area contributed by atoms with Crippen molar-refractivity contribution in [3.05, 3.63) is 0 Å². The van der Waals surface area contributed by atoms with E-state index in [2.05, 4.69) is 5.32 Å². The van der Waals surface area contributed by atoms with E-state index in [0.29, 0.717) is 6.54 Å². The maximum Gasteiger partial charge on any atom is 0.246 e. The molecule has 0 aromatic rings. The number of hydrogen-bond donors (Lipinski definition) is 1. The molecule has 1 amide bonds. The summed E-state index contributed by atoms with van der Waals surface area (Å²) in [6.45, 7) is 6.44. The Hall–Kier alpha value is -0.280. The van der Waals surface area contributed by atoms with Crippen LogP contribution in [0.25, 0.3) is 0 Å². The average molecular weight is 208 g/mol. The molecule has 0 aliphatic carbocycles. The van der Waals surface area contributed by atoms with Crippen LogP contribution in [-0.2, 0) is 9.53 Å². The van der Waals surface area contributed by atoms with E-state index in [1.807, 2.05) is 20.8 Å². The summed E-state index contributed by atoms with van der Waals surface area (Å²) in [6, 6.07) is 0. The number of carbonyl (C=O) groups is 1. The van der Waals surface area contributed by atoms with Gasteiger partial charge in [0.25, 0.3) is 0 Å². The lowest BCUT2D eigenvalue weighted by atomic mass is 10.3. The molecule has 1 N–H and O–H groups in total. The lowest BCUT2D eigenvalue weighted by Gasteiger charge is -2.08. The normalized spacial score (nSPS) is 13.0. The molecule has 3 nitrogen and oxygen atoms in total. The van der Waals surface area contributed by atoms with Crippen LogP contribution in [0.5, 0.6) is 0 Å². The Morgan fingerprint density at radius 3 is 2.54 bits per heavy atom. The van der Waals surface area contributed by atoms with Crippen LogP contribution in [0.1, 0.15) is 27.2 Å². The lowest BCUT2D eigenvalue weighted by molar-refractivity contribution is -0.127. The zero-order valence-corrected chi connectivity index (χ0v) is 9.23. The van der Waals surface area contributed by atoms with E-state index in [-0.39, 0.29) is 24.0 Å². The van der Waals surface area contributed by atoms with Crippen molar-refractivity contribution in [1.82, 2.24) is 5.32 Å². The van der Waals surface area contributed by atoms with Gasteiger partial charge in [-0.15, -0.1) is 11.6 Å². The number of rotatable bonds is 6. The van der Waals surface area contributed by atoms with Crippen molar-refractivity contribution in [2.75, 3.05) is 13.2 Å². The second kappa shape index (κ2) is 7.15. The van der Waals surface area contributed by atoms with Crippen LogP contribution >= 0.6 is 11.6 Å². The minimum Gasteiger partial charge on any atom is -0.369 e. The molecular formula is C9H18ClNO2. The fraction of sp³-hybridized carbons (Fsp3) is 0.889. The van der Waals surface area contributed by atoms with Crippen LogP contribution in [0.15, 0.2) is 0 Å². The Balaban J connectivity index is 3.30. The fourth-order valence-electron chi connectivity index (χ4n) is 0.704. The third kappa shape index (κ3) is 9.64. The van der Waals surface area contributed by atoms with E-state index in [0.717, 1.165) is 6.42 Å². The van der Waals surface area contributed by atoms with Crippen molar-refractivity contribution in [1.29, 1.82) is 0 Å². The molecule has 1 unspecified atom stereocenters. The number of hydrogen-bond acceptors (Lipinski definition) is 2. The maximum absolute atomic E-state index is 11.0. The molecule has 0 aliphatic heterocycles. The predicted octanol–water partition coefficient (Wildman–Crippen LogP) is 1.54. The summed E-state index contributed by atoms with van der Waals surface area (Å²) in [7, 11) is 0. The predicted molar refractivity (Wildman–Crippen MR) is 54.0 cm³/mol. The van der Waals surface area contributed by atoms with Crippen LogP contribution in [0.3, 0.4) is 0 Å². The zero-order valence-electron chi connectivity index (χ0n) is 8.47. The summed E-state index contributed by atoms with van der Waals surface area (Å²) < 4.78 is 5.12. The first-order valence-corrected chi connectivity index (χ1v) is 4.98. The highest BCUT2D eigenvalue weighted by Crippen LogP contribution is 1.97. The summed E-state index contributed by atoms with van der Waals surface area (Å²) >= 11 is 5.71. The van der Waals surface area contributed by atoms with Crippen LogP contribution < -0.4 is 5.32 Å². The smallest absolute Gasteiger partial charge is 0.246 e. The van der Waals surface area contributed by atoms with Gasteiger partial charge in [0.05, 0.1) is 6.10 Å². The number of alkyl halides is 1. The Labute approximate surface area is 84.8 Å². The van der Waals surface area contributed by atoms with Crippen molar-refractivity contribution in [2.24, 2.45) is 0 Å². The SMILES string of the molecule is CC(Cl)CCNC(=O)COC(C)C. The highest BCUT2D eigenvalue weighted by atomic mass is 35.5. The molecule has 78 valence electrons. The molecule has 0 bridgehead atoms. The molecule has 0 aromatic heterocycles. The van der Waals surface area contributed by atoms with Gasteiger partial charge in [-0.25, -0.2) is 0 Å². The number of amides is 1. The van der Waals surface area contributed by atoms with E-state index in [9.17, 15) is 4.79 Å². The van der Waals surface area contributed by atoms with Gasteiger partial charge < -0.3 is 10.1 Å². The van der Waals surface area contributed by atoms with Crippen LogP contribution in [0, 0.1) is 0 Å². The zero-order chi connectivity index (χ0) is 10.3. The molecule has 1 atom stereocenters. The van der Waals surface area contributed by atoms with E-state index in [1.165, 1.54) is 0 Å². The number of nitrogens with one attached hydrogen (secondary N) is 1. The molecule has 0 fully saturated rings. The largest absolute Gasteiger partial charge is 0.369 e. The van der Waals surface area contributed by atoms with Crippen molar-refractivity contribution < 1.29 is 9.53 Å². The number of halogens is 1. The quantitative estimate of drug-likeness (QED) is 0.672. The van der Waals surface area contributed by atoms with Crippen molar-refractivity contribution >= 4 is 17.5 Å². The van der Waals surface area contributed by atoms with Crippen LogP contribution in [-0.4, -0.2) is 30.5 Å². The molecule has 0 radical (unpaired) electrons. The second-order valence-electron chi connectivity index (χ2n) is 3.28. The maximum atomic E-state index is 11.0. The molecule has 0 rings (SSSR count). The van der Waals surface area contributed by atoms with Gasteiger partial charge in [0, 0.05) is 11.9 Å². The van der Waals surface area contributed by atoms with Gasteiger partial charge in [-0.3, -0.25) is 4.79 Å². The van der Waals surface area contributed by atoms with Crippen molar-refractivity contribution in [2.45, 2.75) is 38.7 Å². The molecular weight excluding hydrogens is 190 g/mol. The van der Waals surface area contributed by atoms with E-state index >= 15 is 0 Å². The molecule has 0 spiro atoms. The Morgan fingerprint density at radius 1 is 1.46 bits per heavy atom. The summed E-state index contributed by atoms with van der Waals surface area (Å²) in [6.07, 6.45) is 0.882. The molecule has 4 heteroatoms. The summed E-state index contributed by atoms with van der Waals surface area (Å²) in [5, 5.41) is 2.82. The molecule has 0 saturated heterocycles. The van der Waals surface area contributed by atoms with Gasteiger partial charge in [-0.1, -0.05) is 0 Å². The first-order chi connectivity index (χ1) is 6.02. The van der Waals surface area contributed by atoms with Gasteiger partial charge in [-0.05, 0) is 27.2 Å². The molecule has 0 aromatic carbocycles. The fourth-order valence-corrected chi connectivity index (χ4v) is 0.813. The van der Waals surface area contributed by atoms with Gasteiger partial charge in [-0.2, -0.15) is 0 Å². The first-order valence-electron chi connectivity index (χ1n) is 4.54. The minimum atomic E-state index is -0.0778. The van der Waals surface area contributed by atoms with E-state index in [1.54, 1.807) is 0 Å². The van der Waals surface area contributed by atoms with Crippen LogP contribution in [0.4, 0.5) is 0 Å². The van der Waals surface area contributed by atoms with E-state index < -0.39 is 0 Å². The third-order valence-corrected chi connectivity index (χ3v) is 1.63. The highest BCUT2D eigenvalue weighted by molar-refractivity contribution is 6.20. The van der Waals surface area contributed by atoms with Gasteiger partial charge in [0.1, 0.15) is 6.61 Å². The standard InChI is InChI=1S/C9H18ClNO2/c1-7(2)13-6-9(12)11-5-4-8(3)10/h7-8H,4-6H2,1-3H3,(H,11,12). The highest BCUT2D eigenvalue weighted by Gasteiger charge is 2.03. The van der Waals surface area contributed by atoms with Gasteiger partial charge in [0.15, 0.2) is 0 Å². The summed E-state index contributed by atoms with van der Waals surface area (Å²) in [4.78, 5) is 11.0. The Morgan fingerprint density at radius 2 is 2.08 bits per heavy atom. The molecule has 0 saturated carbocycles. The van der Waals surface area contributed by atoms with Crippen LogP contribution in [0.2, 0.25) is 0 Å². The Kier molecular flexibility index (Phi) is 7.00. The molecule has 0 heterocycles. The number of ether oxygens (including phenoxy) is 1. The Bertz CT molecular complexity index is 149. The minimum absolute atomic E-state index is 0.0778.